The van der Waals surface area contributed by atoms with Crippen molar-refractivity contribution in [2.75, 3.05) is 25.1 Å². The first-order valence-corrected chi connectivity index (χ1v) is 12.2. The number of nitrogens with zero attached hydrogens (tertiary/aromatic N) is 5. The maximum absolute atomic E-state index is 13.3. The zero-order chi connectivity index (χ0) is 22.9. The first kappa shape index (κ1) is 22.9. The molecule has 2 heterocycles. The van der Waals surface area contributed by atoms with Crippen molar-refractivity contribution in [2.45, 2.75) is 32.0 Å². The van der Waals surface area contributed by atoms with Crippen LogP contribution in [-0.4, -0.2) is 53.6 Å². The lowest BCUT2D eigenvalue weighted by molar-refractivity contribution is 0.210. The SMILES string of the molecule is CCCN(C)C(=O)n1c(=O)n(Cc2ccc(Br)cc2)c2nc([S@@](=N)(=O)CC)nc(N)c21. The highest BCUT2D eigenvalue weighted by Crippen LogP contribution is 2.22. The molecule has 1 amide bonds. The number of halogens is 1. The molecular weight excluding hydrogens is 486 g/mol. The van der Waals surface area contributed by atoms with E-state index in [0.717, 1.165) is 14.6 Å². The number of amides is 1. The van der Waals surface area contributed by atoms with Gasteiger partial charge < -0.3 is 10.6 Å². The molecule has 0 aliphatic heterocycles. The van der Waals surface area contributed by atoms with E-state index in [2.05, 4.69) is 25.9 Å². The van der Waals surface area contributed by atoms with Gasteiger partial charge in [-0.25, -0.2) is 28.1 Å². The van der Waals surface area contributed by atoms with Crippen LogP contribution in [0.1, 0.15) is 25.8 Å². The highest BCUT2D eigenvalue weighted by Gasteiger charge is 2.27. The number of rotatable bonds is 6. The Bertz CT molecular complexity index is 1300. The molecule has 0 aliphatic carbocycles. The van der Waals surface area contributed by atoms with E-state index >= 15 is 0 Å². The van der Waals surface area contributed by atoms with Crippen LogP contribution < -0.4 is 11.4 Å². The molecule has 0 bridgehead atoms. The molecule has 0 aliphatic rings. The minimum atomic E-state index is -3.28. The topological polar surface area (TPSA) is 140 Å². The Hall–Kier alpha value is -2.73. The fraction of sp³-hybridized carbons (Fsp3) is 0.368. The molecule has 0 unspecified atom stereocenters. The molecule has 3 aromatic rings. The third-order valence-electron chi connectivity index (χ3n) is 4.81. The molecular formula is C19H24BrN7O3S. The summed E-state index contributed by atoms with van der Waals surface area (Å²) in [6.45, 7) is 4.06. The molecule has 12 heteroatoms. The fourth-order valence-corrected chi connectivity index (χ4v) is 4.12. The van der Waals surface area contributed by atoms with Gasteiger partial charge >= 0.3 is 11.7 Å². The van der Waals surface area contributed by atoms with Crippen LogP contribution in [-0.2, 0) is 16.3 Å². The highest BCUT2D eigenvalue weighted by atomic mass is 79.9. The summed E-state index contributed by atoms with van der Waals surface area (Å²) in [5.41, 5.74) is 6.39. The van der Waals surface area contributed by atoms with Crippen LogP contribution in [0.4, 0.5) is 10.6 Å². The average Bonchev–Trinajstić information content (AvgIpc) is 3.01. The lowest BCUT2D eigenvalue weighted by atomic mass is 10.2. The quantitative estimate of drug-likeness (QED) is 0.489. The molecule has 0 spiro atoms. The number of hydrogen-bond donors (Lipinski definition) is 2. The predicted molar refractivity (Wildman–Crippen MR) is 123 cm³/mol. The summed E-state index contributed by atoms with van der Waals surface area (Å²) in [4.78, 5) is 36.1. The molecule has 0 fully saturated rings. The summed E-state index contributed by atoms with van der Waals surface area (Å²) in [5, 5.41) is -0.254. The van der Waals surface area contributed by atoms with Crippen LogP contribution >= 0.6 is 15.9 Å². The summed E-state index contributed by atoms with van der Waals surface area (Å²) in [7, 11) is -1.69. The van der Waals surface area contributed by atoms with Gasteiger partial charge in [0.2, 0.25) is 5.16 Å². The molecule has 10 nitrogen and oxygen atoms in total. The summed E-state index contributed by atoms with van der Waals surface area (Å²) >= 11 is 3.37. The van der Waals surface area contributed by atoms with Crippen LogP contribution in [0.2, 0.25) is 0 Å². The van der Waals surface area contributed by atoms with Crippen molar-refractivity contribution in [3.8, 4) is 0 Å². The second kappa shape index (κ2) is 8.79. The Balaban J connectivity index is 2.32. The van der Waals surface area contributed by atoms with E-state index in [1.807, 2.05) is 31.2 Å². The summed E-state index contributed by atoms with van der Waals surface area (Å²) in [6.07, 6.45) is 0.710. The van der Waals surface area contributed by atoms with Crippen LogP contribution in [0.3, 0.4) is 0 Å². The number of carbonyl (C=O) groups excluding carboxylic acids is 1. The van der Waals surface area contributed by atoms with E-state index in [1.165, 1.54) is 9.47 Å². The molecule has 31 heavy (non-hydrogen) atoms. The van der Waals surface area contributed by atoms with E-state index in [1.54, 1.807) is 14.0 Å². The van der Waals surface area contributed by atoms with Gasteiger partial charge in [-0.2, -0.15) is 4.98 Å². The molecule has 0 saturated carbocycles. The number of aromatic nitrogens is 4. The molecule has 0 radical (unpaired) electrons. The van der Waals surface area contributed by atoms with E-state index in [4.69, 9.17) is 10.5 Å². The van der Waals surface area contributed by atoms with Crippen LogP contribution in [0.15, 0.2) is 38.7 Å². The van der Waals surface area contributed by atoms with Gasteiger partial charge in [0.15, 0.2) is 11.5 Å². The van der Waals surface area contributed by atoms with E-state index < -0.39 is 21.4 Å². The number of nitrogen functional groups attached to an aromatic ring is 1. The maximum atomic E-state index is 13.3. The Morgan fingerprint density at radius 1 is 1.26 bits per heavy atom. The number of nitrogens with two attached hydrogens (primary N) is 1. The van der Waals surface area contributed by atoms with Gasteiger partial charge in [0.1, 0.15) is 15.2 Å². The first-order valence-electron chi connectivity index (χ1n) is 9.65. The van der Waals surface area contributed by atoms with E-state index in [-0.39, 0.29) is 34.4 Å². The van der Waals surface area contributed by atoms with E-state index in [0.29, 0.717) is 13.0 Å². The Kier molecular flexibility index (Phi) is 6.51. The number of fused-ring (bicyclic) bond motifs is 1. The van der Waals surface area contributed by atoms with Gasteiger partial charge in [-0.1, -0.05) is 41.9 Å². The minimum absolute atomic E-state index is 0.00618. The predicted octanol–water partition coefficient (Wildman–Crippen LogP) is 2.72. The fourth-order valence-electron chi connectivity index (χ4n) is 3.12. The zero-order valence-corrected chi connectivity index (χ0v) is 19.9. The largest absolute Gasteiger partial charge is 0.382 e. The Labute approximate surface area is 188 Å². The van der Waals surface area contributed by atoms with Gasteiger partial charge in [-0.15, -0.1) is 0 Å². The summed E-state index contributed by atoms with van der Waals surface area (Å²) in [6, 6.07) is 6.77. The Morgan fingerprint density at radius 3 is 2.48 bits per heavy atom. The second-order valence-electron chi connectivity index (χ2n) is 7.06. The summed E-state index contributed by atoms with van der Waals surface area (Å²) < 4.78 is 23.8. The maximum Gasteiger partial charge on any atom is 0.339 e. The molecule has 1 aromatic carbocycles. The normalized spacial score (nSPS) is 13.3. The van der Waals surface area contributed by atoms with Crippen LogP contribution in [0.25, 0.3) is 11.2 Å². The van der Waals surface area contributed by atoms with Gasteiger partial charge in [0.25, 0.3) is 0 Å². The number of anilines is 1. The van der Waals surface area contributed by atoms with Crippen LogP contribution in [0, 0.1) is 4.78 Å². The van der Waals surface area contributed by atoms with Crippen molar-refractivity contribution in [1.82, 2.24) is 24.0 Å². The third kappa shape index (κ3) is 4.35. The van der Waals surface area contributed by atoms with Crippen molar-refractivity contribution < 1.29 is 9.00 Å². The number of hydrogen-bond acceptors (Lipinski definition) is 7. The third-order valence-corrected chi connectivity index (χ3v) is 6.92. The molecule has 0 saturated heterocycles. The number of carbonyl (C=O) groups is 1. The van der Waals surface area contributed by atoms with Gasteiger partial charge in [0.05, 0.1) is 6.54 Å². The van der Waals surface area contributed by atoms with Crippen molar-refractivity contribution in [2.24, 2.45) is 0 Å². The molecule has 166 valence electrons. The summed E-state index contributed by atoms with van der Waals surface area (Å²) in [5.74, 6) is -0.174. The number of imidazole rings is 1. The molecule has 1 atom stereocenters. The highest BCUT2D eigenvalue weighted by molar-refractivity contribution is 9.10. The lowest BCUT2D eigenvalue weighted by Gasteiger charge is -2.16. The van der Waals surface area contributed by atoms with Gasteiger partial charge in [0, 0.05) is 23.8 Å². The van der Waals surface area contributed by atoms with E-state index in [9.17, 15) is 13.8 Å². The van der Waals surface area contributed by atoms with Crippen molar-refractivity contribution in [1.29, 1.82) is 4.78 Å². The second-order valence-corrected chi connectivity index (χ2v) is 10.3. The van der Waals surface area contributed by atoms with Crippen molar-refractivity contribution in [3.63, 3.8) is 0 Å². The lowest BCUT2D eigenvalue weighted by Crippen LogP contribution is -2.38. The first-order chi connectivity index (χ1) is 14.6. The molecule has 3 N–H and O–H groups in total. The standard InChI is InChI=1S/C19H24BrN7O3S/c1-4-10-25(3)18(28)27-14-15(21)23-17(31(22,30)5-2)24-16(14)26(19(27)29)11-12-6-8-13(20)9-7-12/h6-9,22H,4-5,10-11H2,1-3H3,(H2,21,23,24)/t31-/m0/s1. The van der Waals surface area contributed by atoms with Crippen molar-refractivity contribution in [3.05, 3.63) is 44.8 Å². The minimum Gasteiger partial charge on any atom is -0.382 e. The number of nitrogens with one attached hydrogen (secondary N) is 1. The monoisotopic (exact) mass is 509 g/mol. The smallest absolute Gasteiger partial charge is 0.339 e. The molecule has 3 rings (SSSR count). The van der Waals surface area contributed by atoms with Gasteiger partial charge in [-0.05, 0) is 24.1 Å². The van der Waals surface area contributed by atoms with Gasteiger partial charge in [-0.3, -0.25) is 4.57 Å². The van der Waals surface area contributed by atoms with Crippen LogP contribution in [0.5, 0.6) is 0 Å². The Morgan fingerprint density at radius 2 is 1.90 bits per heavy atom. The number of benzene rings is 1. The van der Waals surface area contributed by atoms with Crippen molar-refractivity contribution >= 4 is 48.7 Å². The molecule has 2 aromatic heterocycles. The average molecular weight is 510 g/mol. The zero-order valence-electron chi connectivity index (χ0n) is 17.5.